The highest BCUT2D eigenvalue weighted by atomic mass is 32.2. The van der Waals surface area contributed by atoms with Crippen LogP contribution in [-0.4, -0.2) is 17.4 Å². The van der Waals surface area contributed by atoms with Crippen molar-refractivity contribution in [3.05, 3.63) is 48.0 Å². The quantitative estimate of drug-likeness (QED) is 0.592. The molecule has 24 heavy (non-hydrogen) atoms. The number of nitriles is 1. The molecule has 0 unspecified atom stereocenters. The molecule has 1 heterocycles. The molecule has 2 aromatic rings. The van der Waals surface area contributed by atoms with Gasteiger partial charge >= 0.3 is 0 Å². The number of amides is 1. The Kier molecular flexibility index (Phi) is 4.93. The molecule has 0 radical (unpaired) electrons. The number of ketones is 1. The SMILES string of the molecule is CCC(=O)c1ccc2c(c1)N(C(=O)CSC#N)c1ccccc1S2. The van der Waals surface area contributed by atoms with Gasteiger partial charge in [-0.3, -0.25) is 14.5 Å². The van der Waals surface area contributed by atoms with Crippen LogP contribution in [-0.2, 0) is 4.79 Å². The number of thiocyanates is 1. The van der Waals surface area contributed by atoms with Crippen molar-refractivity contribution in [3.8, 4) is 5.40 Å². The summed E-state index contributed by atoms with van der Waals surface area (Å²) in [6, 6.07) is 13.1. The number of para-hydroxylation sites is 1. The van der Waals surface area contributed by atoms with Gasteiger partial charge in [-0.15, -0.1) is 0 Å². The van der Waals surface area contributed by atoms with Gasteiger partial charge in [0.1, 0.15) is 5.40 Å². The van der Waals surface area contributed by atoms with E-state index < -0.39 is 0 Å². The van der Waals surface area contributed by atoms with E-state index in [1.54, 1.807) is 28.8 Å². The van der Waals surface area contributed by atoms with E-state index in [0.29, 0.717) is 17.7 Å². The number of Topliss-reactive ketones (excluding diaryl/α,β-unsaturated/α-hetero) is 1. The topological polar surface area (TPSA) is 61.2 Å². The maximum absolute atomic E-state index is 12.7. The van der Waals surface area contributed by atoms with E-state index in [-0.39, 0.29) is 17.4 Å². The van der Waals surface area contributed by atoms with E-state index in [1.807, 2.05) is 42.7 Å². The van der Waals surface area contributed by atoms with Gasteiger partial charge in [0.05, 0.1) is 17.1 Å². The number of carbonyl (C=O) groups excluding carboxylic acids is 2. The molecular formula is C18H14N2O2S2. The molecule has 0 aromatic heterocycles. The van der Waals surface area contributed by atoms with Crippen molar-refractivity contribution >= 4 is 46.6 Å². The predicted octanol–water partition coefficient (Wildman–Crippen LogP) is 4.62. The Hall–Kier alpha value is -2.23. The van der Waals surface area contributed by atoms with Crippen LogP contribution >= 0.6 is 23.5 Å². The molecule has 0 fully saturated rings. The number of benzene rings is 2. The van der Waals surface area contributed by atoms with Crippen molar-refractivity contribution < 1.29 is 9.59 Å². The molecule has 0 N–H and O–H groups in total. The Bertz CT molecular complexity index is 858. The number of thioether (sulfide) groups is 1. The summed E-state index contributed by atoms with van der Waals surface area (Å²) in [5.41, 5.74) is 2.10. The molecular weight excluding hydrogens is 340 g/mol. The summed E-state index contributed by atoms with van der Waals surface area (Å²) in [6.45, 7) is 1.82. The Morgan fingerprint density at radius 2 is 1.92 bits per heavy atom. The first-order valence-electron chi connectivity index (χ1n) is 7.43. The van der Waals surface area contributed by atoms with Gasteiger partial charge in [-0.05, 0) is 36.0 Å². The average Bonchev–Trinajstić information content (AvgIpc) is 2.62. The normalized spacial score (nSPS) is 12.1. The summed E-state index contributed by atoms with van der Waals surface area (Å²) in [4.78, 5) is 28.3. The lowest BCUT2D eigenvalue weighted by Crippen LogP contribution is -2.30. The number of fused-ring (bicyclic) bond motifs is 2. The minimum Gasteiger partial charge on any atom is -0.294 e. The van der Waals surface area contributed by atoms with E-state index in [9.17, 15) is 9.59 Å². The van der Waals surface area contributed by atoms with Gasteiger partial charge in [-0.1, -0.05) is 36.9 Å². The highest BCUT2D eigenvalue weighted by Gasteiger charge is 2.28. The highest BCUT2D eigenvalue weighted by molar-refractivity contribution is 8.04. The maximum atomic E-state index is 12.7. The number of hydrogen-bond donors (Lipinski definition) is 0. The van der Waals surface area contributed by atoms with Gasteiger partial charge in [0.25, 0.3) is 0 Å². The molecule has 0 bridgehead atoms. The zero-order chi connectivity index (χ0) is 17.1. The Balaban J connectivity index is 2.11. The molecule has 0 saturated carbocycles. The van der Waals surface area contributed by atoms with Crippen molar-refractivity contribution in [2.24, 2.45) is 0 Å². The number of anilines is 2. The van der Waals surface area contributed by atoms with Gasteiger partial charge in [-0.2, -0.15) is 5.26 Å². The molecule has 0 aliphatic carbocycles. The summed E-state index contributed by atoms with van der Waals surface area (Å²) in [6.07, 6.45) is 0.417. The number of hydrogen-bond acceptors (Lipinski definition) is 5. The van der Waals surface area contributed by atoms with E-state index in [0.717, 1.165) is 27.2 Å². The zero-order valence-electron chi connectivity index (χ0n) is 13.0. The smallest absolute Gasteiger partial charge is 0.242 e. The molecule has 1 amide bonds. The summed E-state index contributed by atoms with van der Waals surface area (Å²) in [5.74, 6) is -0.0574. The van der Waals surface area contributed by atoms with Crippen LogP contribution in [0.5, 0.6) is 0 Å². The third-order valence-electron chi connectivity index (χ3n) is 3.68. The monoisotopic (exact) mass is 354 g/mol. The second-order valence-corrected chi connectivity index (χ2v) is 6.98. The standard InChI is InChI=1S/C18H14N2O2S2/c1-2-15(21)12-7-8-17-14(9-12)20(18(22)10-23-11-19)13-5-3-4-6-16(13)24-17/h3-9H,2,10H2,1H3. The maximum Gasteiger partial charge on any atom is 0.242 e. The lowest BCUT2D eigenvalue weighted by molar-refractivity contribution is -0.115. The van der Waals surface area contributed by atoms with Crippen LogP contribution in [0.15, 0.2) is 52.3 Å². The molecule has 3 rings (SSSR count). The number of rotatable bonds is 4. The van der Waals surface area contributed by atoms with Crippen LogP contribution in [0, 0.1) is 10.7 Å². The number of nitrogens with zero attached hydrogens (tertiary/aromatic N) is 2. The molecule has 0 spiro atoms. The molecule has 4 nitrogen and oxygen atoms in total. The first-order chi connectivity index (χ1) is 11.7. The van der Waals surface area contributed by atoms with E-state index in [2.05, 4.69) is 0 Å². The van der Waals surface area contributed by atoms with Gasteiger partial charge < -0.3 is 0 Å². The summed E-state index contributed by atoms with van der Waals surface area (Å²) in [5, 5.41) is 10.7. The van der Waals surface area contributed by atoms with Crippen molar-refractivity contribution in [1.29, 1.82) is 5.26 Å². The molecule has 6 heteroatoms. The fourth-order valence-electron chi connectivity index (χ4n) is 2.56. The lowest BCUT2D eigenvalue weighted by atomic mass is 10.1. The second kappa shape index (κ2) is 7.12. The van der Waals surface area contributed by atoms with Crippen LogP contribution in [0.2, 0.25) is 0 Å². The predicted molar refractivity (Wildman–Crippen MR) is 96.8 cm³/mol. The van der Waals surface area contributed by atoms with Crippen LogP contribution in [0.25, 0.3) is 0 Å². The van der Waals surface area contributed by atoms with Gasteiger partial charge in [0, 0.05) is 21.8 Å². The third-order valence-corrected chi connectivity index (χ3v) is 5.33. The molecule has 1 aliphatic rings. The molecule has 120 valence electrons. The fourth-order valence-corrected chi connectivity index (χ4v) is 3.92. The minimum absolute atomic E-state index is 0.0421. The Morgan fingerprint density at radius 1 is 1.17 bits per heavy atom. The van der Waals surface area contributed by atoms with Crippen molar-refractivity contribution in [2.45, 2.75) is 23.1 Å². The van der Waals surface area contributed by atoms with Crippen LogP contribution < -0.4 is 4.90 Å². The third kappa shape index (κ3) is 3.05. The molecule has 0 atom stereocenters. The molecule has 1 aliphatic heterocycles. The fraction of sp³-hybridized carbons (Fsp3) is 0.167. The molecule has 2 aromatic carbocycles. The Labute approximate surface area is 148 Å². The number of carbonyl (C=O) groups is 2. The van der Waals surface area contributed by atoms with Crippen molar-refractivity contribution in [1.82, 2.24) is 0 Å². The molecule has 0 saturated heterocycles. The van der Waals surface area contributed by atoms with E-state index in [1.165, 1.54) is 0 Å². The highest BCUT2D eigenvalue weighted by Crippen LogP contribution is 2.48. The van der Waals surface area contributed by atoms with E-state index >= 15 is 0 Å². The minimum atomic E-state index is -0.170. The van der Waals surface area contributed by atoms with Crippen LogP contribution in [0.3, 0.4) is 0 Å². The van der Waals surface area contributed by atoms with E-state index in [4.69, 9.17) is 5.26 Å². The van der Waals surface area contributed by atoms with Crippen molar-refractivity contribution in [2.75, 3.05) is 10.7 Å². The summed E-state index contributed by atoms with van der Waals surface area (Å²) >= 11 is 2.49. The summed E-state index contributed by atoms with van der Waals surface area (Å²) in [7, 11) is 0. The summed E-state index contributed by atoms with van der Waals surface area (Å²) < 4.78 is 0. The largest absolute Gasteiger partial charge is 0.294 e. The van der Waals surface area contributed by atoms with Gasteiger partial charge in [0.2, 0.25) is 5.91 Å². The lowest BCUT2D eigenvalue weighted by Gasteiger charge is -2.31. The zero-order valence-corrected chi connectivity index (χ0v) is 14.6. The van der Waals surface area contributed by atoms with Crippen LogP contribution in [0.4, 0.5) is 11.4 Å². The van der Waals surface area contributed by atoms with Gasteiger partial charge in [0.15, 0.2) is 5.78 Å². The van der Waals surface area contributed by atoms with Crippen LogP contribution in [0.1, 0.15) is 23.7 Å². The van der Waals surface area contributed by atoms with Gasteiger partial charge in [-0.25, -0.2) is 0 Å². The Morgan fingerprint density at radius 3 is 2.67 bits per heavy atom. The average molecular weight is 354 g/mol. The first-order valence-corrected chi connectivity index (χ1v) is 9.24. The first kappa shape index (κ1) is 16.6. The second-order valence-electron chi connectivity index (χ2n) is 5.14. The van der Waals surface area contributed by atoms with Crippen molar-refractivity contribution in [3.63, 3.8) is 0 Å².